The molecule has 1 saturated heterocycles. The minimum Gasteiger partial charge on any atom is -0.381 e. The van der Waals surface area contributed by atoms with E-state index in [1.54, 1.807) is 0 Å². The van der Waals surface area contributed by atoms with Crippen LogP contribution in [0.2, 0.25) is 0 Å². The second-order valence-electron chi connectivity index (χ2n) is 5.11. The normalized spacial score (nSPS) is 17.4. The Bertz CT molecular complexity index is 370. The molecule has 94 valence electrons. The molecule has 3 heteroatoms. The number of anilines is 1. The average molecular weight is 234 g/mol. The summed E-state index contributed by atoms with van der Waals surface area (Å²) in [5, 5.41) is 3.51. The molecule has 0 radical (unpaired) electrons. The number of nitrogens with one attached hydrogen (secondary N) is 1. The molecular weight excluding hydrogens is 212 g/mol. The third-order valence-electron chi connectivity index (χ3n) is 3.34. The van der Waals surface area contributed by atoms with E-state index in [1.165, 1.54) is 11.1 Å². The van der Waals surface area contributed by atoms with Gasteiger partial charge in [0.05, 0.1) is 0 Å². The largest absolute Gasteiger partial charge is 0.381 e. The number of nitrogens with zero attached hydrogens (tertiary/aromatic N) is 1. The van der Waals surface area contributed by atoms with Crippen molar-refractivity contribution in [1.29, 1.82) is 0 Å². The number of hydrogen-bond acceptors (Lipinski definition) is 3. The van der Waals surface area contributed by atoms with Crippen LogP contribution in [0.1, 0.15) is 43.7 Å². The third-order valence-corrected chi connectivity index (χ3v) is 3.34. The summed E-state index contributed by atoms with van der Waals surface area (Å²) in [6.07, 6.45) is 4.12. The van der Waals surface area contributed by atoms with Crippen molar-refractivity contribution in [3.8, 4) is 0 Å². The lowest BCUT2D eigenvalue weighted by atomic mass is 10.00. The van der Waals surface area contributed by atoms with Gasteiger partial charge in [0, 0.05) is 25.5 Å². The number of pyridine rings is 1. The molecule has 0 saturated carbocycles. The lowest BCUT2D eigenvalue weighted by Crippen LogP contribution is -2.28. The van der Waals surface area contributed by atoms with Crippen molar-refractivity contribution in [2.75, 3.05) is 18.5 Å². The number of aromatic nitrogens is 1. The summed E-state index contributed by atoms with van der Waals surface area (Å²) in [5.41, 5.74) is 2.66. The van der Waals surface area contributed by atoms with E-state index in [9.17, 15) is 0 Å². The summed E-state index contributed by atoms with van der Waals surface area (Å²) in [6, 6.07) is 2.70. The van der Waals surface area contributed by atoms with Crippen molar-refractivity contribution in [2.45, 2.75) is 45.6 Å². The number of hydrogen-bond donors (Lipinski definition) is 1. The number of aryl methyl sites for hydroxylation is 1. The molecule has 0 unspecified atom stereocenters. The van der Waals surface area contributed by atoms with Crippen LogP contribution in [0.3, 0.4) is 0 Å². The van der Waals surface area contributed by atoms with Gasteiger partial charge in [-0.1, -0.05) is 13.8 Å². The molecule has 0 bridgehead atoms. The van der Waals surface area contributed by atoms with Gasteiger partial charge in [0.25, 0.3) is 0 Å². The summed E-state index contributed by atoms with van der Waals surface area (Å²) >= 11 is 0. The Morgan fingerprint density at radius 1 is 1.35 bits per heavy atom. The monoisotopic (exact) mass is 234 g/mol. The molecular formula is C14H22N2O. The first-order valence-corrected chi connectivity index (χ1v) is 6.47. The van der Waals surface area contributed by atoms with Gasteiger partial charge in [-0.25, -0.2) is 4.98 Å². The maximum absolute atomic E-state index is 5.36. The van der Waals surface area contributed by atoms with Crippen LogP contribution in [-0.4, -0.2) is 24.2 Å². The first-order chi connectivity index (χ1) is 8.16. The molecule has 2 rings (SSSR count). The Labute approximate surface area is 104 Å². The summed E-state index contributed by atoms with van der Waals surface area (Å²) in [7, 11) is 0. The van der Waals surface area contributed by atoms with Crippen molar-refractivity contribution >= 4 is 5.82 Å². The smallest absolute Gasteiger partial charge is 0.126 e. The van der Waals surface area contributed by atoms with E-state index in [2.05, 4.69) is 37.1 Å². The van der Waals surface area contributed by atoms with Gasteiger partial charge < -0.3 is 10.1 Å². The Balaban J connectivity index is 2.07. The van der Waals surface area contributed by atoms with Gasteiger partial charge >= 0.3 is 0 Å². The van der Waals surface area contributed by atoms with E-state index < -0.39 is 0 Å². The quantitative estimate of drug-likeness (QED) is 0.872. The maximum Gasteiger partial charge on any atom is 0.126 e. The van der Waals surface area contributed by atoms with Gasteiger partial charge in [0.2, 0.25) is 0 Å². The molecule has 0 amide bonds. The fourth-order valence-electron chi connectivity index (χ4n) is 2.29. The van der Waals surface area contributed by atoms with Crippen LogP contribution in [0, 0.1) is 6.92 Å². The highest BCUT2D eigenvalue weighted by Gasteiger charge is 2.14. The van der Waals surface area contributed by atoms with Crippen molar-refractivity contribution in [3.63, 3.8) is 0 Å². The van der Waals surface area contributed by atoms with E-state index in [-0.39, 0.29) is 0 Å². The minimum absolute atomic E-state index is 0.513. The van der Waals surface area contributed by atoms with Crippen LogP contribution in [0.4, 0.5) is 5.82 Å². The topological polar surface area (TPSA) is 34.2 Å². The molecule has 0 atom stereocenters. The van der Waals surface area contributed by atoms with Crippen molar-refractivity contribution < 1.29 is 4.74 Å². The van der Waals surface area contributed by atoms with Gasteiger partial charge in [-0.05, 0) is 42.9 Å². The third kappa shape index (κ3) is 3.19. The predicted molar refractivity (Wildman–Crippen MR) is 70.5 cm³/mol. The highest BCUT2D eigenvalue weighted by atomic mass is 16.5. The Morgan fingerprint density at radius 3 is 2.71 bits per heavy atom. The zero-order chi connectivity index (χ0) is 12.3. The van der Waals surface area contributed by atoms with Crippen LogP contribution in [0.15, 0.2) is 12.3 Å². The second-order valence-corrected chi connectivity index (χ2v) is 5.11. The van der Waals surface area contributed by atoms with E-state index in [1.807, 2.05) is 6.20 Å². The van der Waals surface area contributed by atoms with Gasteiger partial charge in [0.1, 0.15) is 5.82 Å². The van der Waals surface area contributed by atoms with E-state index >= 15 is 0 Å². The highest BCUT2D eigenvalue weighted by Crippen LogP contribution is 2.22. The zero-order valence-electron chi connectivity index (χ0n) is 11.0. The Morgan fingerprint density at radius 2 is 2.06 bits per heavy atom. The fourth-order valence-corrected chi connectivity index (χ4v) is 2.29. The van der Waals surface area contributed by atoms with Crippen LogP contribution < -0.4 is 5.32 Å². The Hall–Kier alpha value is -1.09. The number of rotatable bonds is 3. The van der Waals surface area contributed by atoms with Gasteiger partial charge in [-0.3, -0.25) is 0 Å². The second kappa shape index (κ2) is 5.50. The first-order valence-electron chi connectivity index (χ1n) is 6.47. The fraction of sp³-hybridized carbons (Fsp3) is 0.643. The minimum atomic E-state index is 0.513. The molecule has 17 heavy (non-hydrogen) atoms. The maximum atomic E-state index is 5.36. The lowest BCUT2D eigenvalue weighted by Gasteiger charge is -2.24. The van der Waals surface area contributed by atoms with Crippen molar-refractivity contribution in [1.82, 2.24) is 4.98 Å². The van der Waals surface area contributed by atoms with Crippen LogP contribution in [0.25, 0.3) is 0 Å². The molecule has 1 aliphatic rings. The standard InChI is InChI=1S/C14H22N2O/c1-10(2)13-8-14(15-9-11(13)3)16-12-4-6-17-7-5-12/h8-10,12H,4-7H2,1-3H3,(H,15,16). The van der Waals surface area contributed by atoms with Crippen LogP contribution in [0.5, 0.6) is 0 Å². The molecule has 1 aromatic heterocycles. The van der Waals surface area contributed by atoms with Crippen molar-refractivity contribution in [3.05, 3.63) is 23.4 Å². The number of ether oxygens (including phenoxy) is 1. The van der Waals surface area contributed by atoms with Gasteiger partial charge in [0.15, 0.2) is 0 Å². The van der Waals surface area contributed by atoms with E-state index in [4.69, 9.17) is 4.74 Å². The van der Waals surface area contributed by atoms with Gasteiger partial charge in [-0.2, -0.15) is 0 Å². The van der Waals surface area contributed by atoms with Crippen molar-refractivity contribution in [2.24, 2.45) is 0 Å². The summed E-state index contributed by atoms with van der Waals surface area (Å²) in [4.78, 5) is 4.46. The molecule has 1 aromatic rings. The zero-order valence-corrected chi connectivity index (χ0v) is 11.0. The summed E-state index contributed by atoms with van der Waals surface area (Å²) < 4.78 is 5.36. The molecule has 1 fully saturated rings. The first kappa shape index (κ1) is 12.4. The summed E-state index contributed by atoms with van der Waals surface area (Å²) in [6.45, 7) is 8.29. The summed E-state index contributed by atoms with van der Waals surface area (Å²) in [5.74, 6) is 1.56. The highest BCUT2D eigenvalue weighted by molar-refractivity contribution is 5.42. The SMILES string of the molecule is Cc1cnc(NC2CCOCC2)cc1C(C)C. The van der Waals surface area contributed by atoms with Crippen LogP contribution >= 0.6 is 0 Å². The van der Waals surface area contributed by atoms with Gasteiger partial charge in [-0.15, -0.1) is 0 Å². The molecule has 0 spiro atoms. The molecule has 0 aromatic carbocycles. The van der Waals surface area contributed by atoms with E-state index in [0.29, 0.717) is 12.0 Å². The van der Waals surface area contributed by atoms with E-state index in [0.717, 1.165) is 31.9 Å². The lowest BCUT2D eigenvalue weighted by molar-refractivity contribution is 0.0904. The Kier molecular flexibility index (Phi) is 4.00. The van der Waals surface area contributed by atoms with Crippen LogP contribution in [-0.2, 0) is 4.74 Å². The molecule has 1 N–H and O–H groups in total. The molecule has 2 heterocycles. The predicted octanol–water partition coefficient (Wildman–Crippen LogP) is 3.10. The molecule has 1 aliphatic heterocycles. The molecule has 0 aliphatic carbocycles. The average Bonchev–Trinajstić information content (AvgIpc) is 2.32. The molecule has 3 nitrogen and oxygen atoms in total.